The van der Waals surface area contributed by atoms with Gasteiger partial charge >= 0.3 is 0 Å². The van der Waals surface area contributed by atoms with Crippen molar-refractivity contribution in [2.45, 2.75) is 30.7 Å². The minimum Gasteiger partial charge on any atom is -0.207 e. The molecule has 0 saturated heterocycles. The van der Waals surface area contributed by atoms with Crippen LogP contribution in [0.2, 0.25) is 0 Å². The molecule has 1 aliphatic carbocycles. The molecule has 1 saturated carbocycles. The van der Waals surface area contributed by atoms with Crippen molar-refractivity contribution in [2.75, 3.05) is 7.05 Å². The van der Waals surface area contributed by atoms with Crippen LogP contribution in [0.3, 0.4) is 0 Å². The maximum Gasteiger partial charge on any atom is 0.244 e. The minimum atomic E-state index is -3.27. The number of halogens is 1. The summed E-state index contributed by atoms with van der Waals surface area (Å²) in [5, 5.41) is 0. The van der Waals surface area contributed by atoms with Gasteiger partial charge in [0, 0.05) is 18.0 Å². The molecule has 84 valence electrons. The third-order valence-corrected chi connectivity index (χ3v) is 6.28. The van der Waals surface area contributed by atoms with Crippen molar-refractivity contribution in [3.63, 3.8) is 0 Å². The highest BCUT2D eigenvalue weighted by molar-refractivity contribution is 9.11. The molecule has 1 aromatic rings. The van der Waals surface area contributed by atoms with Gasteiger partial charge in [-0.15, -0.1) is 11.3 Å². The van der Waals surface area contributed by atoms with Crippen LogP contribution in [0.4, 0.5) is 0 Å². The number of hydrogen-bond acceptors (Lipinski definition) is 3. The molecule has 1 aromatic heterocycles. The Hall–Kier alpha value is 0.0900. The van der Waals surface area contributed by atoms with Crippen LogP contribution < -0.4 is 0 Å². The lowest BCUT2D eigenvalue weighted by Gasteiger charge is -2.15. The zero-order chi connectivity index (χ0) is 11.2. The number of sulfonamides is 1. The van der Waals surface area contributed by atoms with Crippen LogP contribution >= 0.6 is 27.3 Å². The van der Waals surface area contributed by atoms with Crippen molar-refractivity contribution < 1.29 is 8.42 Å². The van der Waals surface area contributed by atoms with E-state index in [4.69, 9.17) is 0 Å². The zero-order valence-electron chi connectivity index (χ0n) is 8.53. The number of aryl methyl sites for hydroxylation is 1. The van der Waals surface area contributed by atoms with Crippen molar-refractivity contribution >= 4 is 37.3 Å². The van der Waals surface area contributed by atoms with Crippen molar-refractivity contribution in [1.29, 1.82) is 0 Å². The lowest BCUT2D eigenvalue weighted by Crippen LogP contribution is -2.29. The van der Waals surface area contributed by atoms with E-state index in [1.54, 1.807) is 13.1 Å². The Kier molecular flexibility index (Phi) is 2.96. The highest BCUT2D eigenvalue weighted by Crippen LogP contribution is 2.35. The van der Waals surface area contributed by atoms with Gasteiger partial charge in [0.05, 0.1) is 8.68 Å². The van der Waals surface area contributed by atoms with Gasteiger partial charge < -0.3 is 0 Å². The lowest BCUT2D eigenvalue weighted by atomic mass is 10.5. The van der Waals surface area contributed by atoms with E-state index in [1.807, 2.05) is 6.92 Å². The Labute approximate surface area is 102 Å². The highest BCUT2D eigenvalue weighted by Gasteiger charge is 2.36. The average molecular weight is 310 g/mol. The molecule has 0 radical (unpaired) electrons. The fourth-order valence-electron chi connectivity index (χ4n) is 1.48. The van der Waals surface area contributed by atoms with Crippen LogP contribution in [-0.4, -0.2) is 25.8 Å². The second-order valence-corrected chi connectivity index (χ2v) is 8.32. The summed E-state index contributed by atoms with van der Waals surface area (Å²) in [6.45, 7) is 1.84. The van der Waals surface area contributed by atoms with Crippen molar-refractivity contribution in [3.8, 4) is 0 Å². The maximum atomic E-state index is 12.2. The van der Waals surface area contributed by atoms with E-state index < -0.39 is 10.0 Å². The topological polar surface area (TPSA) is 37.4 Å². The predicted octanol–water partition coefficient (Wildman–Crippen LogP) is 2.60. The van der Waals surface area contributed by atoms with E-state index in [-0.39, 0.29) is 6.04 Å². The van der Waals surface area contributed by atoms with Crippen molar-refractivity contribution in [1.82, 2.24) is 4.31 Å². The number of thiophene rings is 1. The molecule has 0 N–H and O–H groups in total. The normalized spacial score (nSPS) is 17.3. The molecule has 0 aromatic carbocycles. The second-order valence-electron chi connectivity index (χ2n) is 3.72. The smallest absolute Gasteiger partial charge is 0.207 e. The summed E-state index contributed by atoms with van der Waals surface area (Å²) in [7, 11) is -1.61. The van der Waals surface area contributed by atoms with E-state index in [9.17, 15) is 8.42 Å². The van der Waals surface area contributed by atoms with Crippen LogP contribution in [0.1, 0.15) is 17.7 Å². The molecule has 0 atom stereocenters. The average Bonchev–Trinajstić information content (AvgIpc) is 2.91. The molecule has 3 nitrogen and oxygen atoms in total. The standard InChI is InChI=1S/C9H12BrNO2S2/c1-6-8(5-9(10)14-6)15(12,13)11(2)7-3-4-7/h5,7H,3-4H2,1-2H3. The molecule has 15 heavy (non-hydrogen) atoms. The largest absolute Gasteiger partial charge is 0.244 e. The van der Waals surface area contributed by atoms with Gasteiger partial charge in [-0.25, -0.2) is 8.42 Å². The summed E-state index contributed by atoms with van der Waals surface area (Å²) in [6.07, 6.45) is 1.97. The predicted molar refractivity (Wildman–Crippen MR) is 64.7 cm³/mol. The summed E-state index contributed by atoms with van der Waals surface area (Å²) in [5.41, 5.74) is 0. The molecule has 1 aliphatic rings. The Balaban J connectivity index is 2.40. The quantitative estimate of drug-likeness (QED) is 0.860. The van der Waals surface area contributed by atoms with Gasteiger partial charge in [0.1, 0.15) is 0 Å². The van der Waals surface area contributed by atoms with Gasteiger partial charge in [-0.05, 0) is 41.8 Å². The fraction of sp³-hybridized carbons (Fsp3) is 0.556. The van der Waals surface area contributed by atoms with Crippen LogP contribution in [-0.2, 0) is 10.0 Å². The summed E-state index contributed by atoms with van der Waals surface area (Å²) in [5.74, 6) is 0. The molecular weight excluding hydrogens is 298 g/mol. The second kappa shape index (κ2) is 3.84. The van der Waals surface area contributed by atoms with Crippen LogP contribution in [0.15, 0.2) is 14.7 Å². The fourth-order valence-corrected chi connectivity index (χ4v) is 5.27. The molecule has 6 heteroatoms. The highest BCUT2D eigenvalue weighted by atomic mass is 79.9. The first-order valence-electron chi connectivity index (χ1n) is 4.67. The van der Waals surface area contributed by atoms with Gasteiger partial charge in [-0.2, -0.15) is 4.31 Å². The zero-order valence-corrected chi connectivity index (χ0v) is 11.7. The Morgan fingerprint density at radius 2 is 2.13 bits per heavy atom. The van der Waals surface area contributed by atoms with Crippen LogP contribution in [0.5, 0.6) is 0 Å². The van der Waals surface area contributed by atoms with Gasteiger partial charge in [0.25, 0.3) is 0 Å². The third-order valence-electron chi connectivity index (χ3n) is 2.56. The summed E-state index contributed by atoms with van der Waals surface area (Å²) < 4.78 is 26.7. The van der Waals surface area contributed by atoms with E-state index >= 15 is 0 Å². The first-order valence-corrected chi connectivity index (χ1v) is 7.72. The first-order chi connectivity index (χ1) is 6.93. The Morgan fingerprint density at radius 1 is 1.53 bits per heavy atom. The molecule has 1 heterocycles. The monoisotopic (exact) mass is 309 g/mol. The summed E-state index contributed by atoms with van der Waals surface area (Å²) in [6, 6.07) is 1.90. The Bertz CT molecular complexity index is 476. The van der Waals surface area contributed by atoms with Crippen molar-refractivity contribution in [2.24, 2.45) is 0 Å². The van der Waals surface area contributed by atoms with Gasteiger partial charge in [0.2, 0.25) is 10.0 Å². The van der Waals surface area contributed by atoms with Crippen LogP contribution in [0, 0.1) is 6.92 Å². The SMILES string of the molecule is Cc1sc(Br)cc1S(=O)(=O)N(C)C1CC1. The van der Waals surface area contributed by atoms with E-state index in [0.717, 1.165) is 21.5 Å². The molecule has 0 spiro atoms. The number of nitrogens with zero attached hydrogens (tertiary/aromatic N) is 1. The lowest BCUT2D eigenvalue weighted by molar-refractivity contribution is 0.464. The minimum absolute atomic E-state index is 0.216. The third kappa shape index (κ3) is 2.13. The summed E-state index contributed by atoms with van der Waals surface area (Å²) in [4.78, 5) is 1.28. The van der Waals surface area contributed by atoms with E-state index in [2.05, 4.69) is 15.9 Å². The van der Waals surface area contributed by atoms with Gasteiger partial charge in [-0.1, -0.05) is 0 Å². The van der Waals surface area contributed by atoms with Crippen molar-refractivity contribution in [3.05, 3.63) is 14.7 Å². The number of hydrogen-bond donors (Lipinski definition) is 0. The molecule has 0 aliphatic heterocycles. The first kappa shape index (κ1) is 11.6. The molecule has 1 fully saturated rings. The maximum absolute atomic E-state index is 12.2. The number of rotatable bonds is 3. The Morgan fingerprint density at radius 3 is 2.53 bits per heavy atom. The van der Waals surface area contributed by atoms with Gasteiger partial charge in [-0.3, -0.25) is 0 Å². The van der Waals surface area contributed by atoms with E-state index in [1.165, 1.54) is 15.6 Å². The van der Waals surface area contributed by atoms with Gasteiger partial charge in [0.15, 0.2) is 0 Å². The molecule has 0 bridgehead atoms. The molecular formula is C9H12BrNO2S2. The molecule has 0 unspecified atom stereocenters. The van der Waals surface area contributed by atoms with Crippen LogP contribution in [0.25, 0.3) is 0 Å². The summed E-state index contributed by atoms with van der Waals surface area (Å²) >= 11 is 4.77. The molecule has 0 amide bonds. The molecule has 2 rings (SSSR count). The van der Waals surface area contributed by atoms with E-state index in [0.29, 0.717) is 4.90 Å².